The molecule has 1 N–H and O–H groups in total. The number of carbonyl (C=O) groups is 1. The molecule has 1 aromatic carbocycles. The number of fused-ring (bicyclic) bond motifs is 1. The summed E-state index contributed by atoms with van der Waals surface area (Å²) in [6.07, 6.45) is -4.88. The van der Waals surface area contributed by atoms with Crippen molar-refractivity contribution in [2.24, 2.45) is 0 Å². The fraction of sp³-hybridized carbons (Fsp3) is 0.417. The lowest BCUT2D eigenvalue weighted by atomic mass is 10.0. The van der Waals surface area contributed by atoms with Gasteiger partial charge < -0.3 is 14.6 Å². The van der Waals surface area contributed by atoms with Crippen molar-refractivity contribution in [2.75, 3.05) is 19.8 Å². The Labute approximate surface area is 106 Å². The molecule has 0 amide bonds. The van der Waals surface area contributed by atoms with Gasteiger partial charge in [-0.25, -0.2) is 0 Å². The van der Waals surface area contributed by atoms with Crippen LogP contribution >= 0.6 is 0 Å². The van der Waals surface area contributed by atoms with E-state index in [-0.39, 0.29) is 36.7 Å². The van der Waals surface area contributed by atoms with Gasteiger partial charge in [0.1, 0.15) is 18.8 Å². The van der Waals surface area contributed by atoms with Gasteiger partial charge in [-0.2, -0.15) is 13.2 Å². The smallest absolute Gasteiger partial charge is 0.420 e. The summed E-state index contributed by atoms with van der Waals surface area (Å²) in [6, 6.07) is 1.94. The van der Waals surface area contributed by atoms with Crippen molar-refractivity contribution in [1.29, 1.82) is 0 Å². The van der Waals surface area contributed by atoms with Crippen LogP contribution < -0.4 is 9.47 Å². The van der Waals surface area contributed by atoms with Crippen LogP contribution in [0.25, 0.3) is 0 Å². The van der Waals surface area contributed by atoms with Gasteiger partial charge in [-0.1, -0.05) is 0 Å². The van der Waals surface area contributed by atoms with E-state index >= 15 is 0 Å². The summed E-state index contributed by atoms with van der Waals surface area (Å²) >= 11 is 0. The zero-order valence-electron chi connectivity index (χ0n) is 9.79. The Kier molecular flexibility index (Phi) is 3.66. The lowest BCUT2D eigenvalue weighted by Gasteiger charge is -2.23. The number of halogens is 3. The topological polar surface area (TPSA) is 55.8 Å². The fourth-order valence-electron chi connectivity index (χ4n) is 1.77. The summed E-state index contributed by atoms with van der Waals surface area (Å²) in [4.78, 5) is 11.6. The van der Waals surface area contributed by atoms with E-state index in [2.05, 4.69) is 0 Å². The summed E-state index contributed by atoms with van der Waals surface area (Å²) in [5.74, 6) is -1.06. The van der Waals surface area contributed by atoms with Gasteiger partial charge in [0.05, 0.1) is 6.61 Å². The van der Waals surface area contributed by atoms with E-state index in [9.17, 15) is 18.0 Å². The normalized spacial score (nSPS) is 14.3. The van der Waals surface area contributed by atoms with Gasteiger partial charge >= 0.3 is 6.18 Å². The maximum atomic E-state index is 12.9. The van der Waals surface area contributed by atoms with Crippen LogP contribution in [0.5, 0.6) is 11.5 Å². The minimum atomic E-state index is -4.64. The largest absolute Gasteiger partial charge is 0.486 e. The van der Waals surface area contributed by atoms with Crippen molar-refractivity contribution in [2.45, 2.75) is 12.6 Å². The van der Waals surface area contributed by atoms with Crippen LogP contribution in [0.1, 0.15) is 22.3 Å². The van der Waals surface area contributed by atoms with Crippen LogP contribution in [0.3, 0.4) is 0 Å². The van der Waals surface area contributed by atoms with E-state index in [1.807, 2.05) is 0 Å². The fourth-order valence-corrected chi connectivity index (χ4v) is 1.77. The summed E-state index contributed by atoms with van der Waals surface area (Å²) in [6.45, 7) is -0.267. The first-order valence-electron chi connectivity index (χ1n) is 5.58. The standard InChI is InChI=1S/C12H11F3O4/c13-12(14,15)8-5-7(9(17)1-2-16)6-10-11(8)19-4-3-18-10/h5-6,16H,1-4H2. The number of hydrogen-bond acceptors (Lipinski definition) is 4. The maximum Gasteiger partial charge on any atom is 0.420 e. The van der Waals surface area contributed by atoms with Crippen LogP contribution in [-0.2, 0) is 6.18 Å². The number of Topliss-reactive ketones (excluding diaryl/α,β-unsaturated/α-hetero) is 1. The van der Waals surface area contributed by atoms with Gasteiger partial charge in [0, 0.05) is 12.0 Å². The van der Waals surface area contributed by atoms with Crippen LogP contribution in [0.2, 0.25) is 0 Å². The number of alkyl halides is 3. The van der Waals surface area contributed by atoms with Gasteiger partial charge in [-0.05, 0) is 12.1 Å². The number of carbonyl (C=O) groups excluding carboxylic acids is 1. The third-order valence-electron chi connectivity index (χ3n) is 2.61. The Morgan fingerprint density at radius 3 is 2.58 bits per heavy atom. The molecule has 0 spiro atoms. The van der Waals surface area contributed by atoms with Crippen LogP contribution in [0.15, 0.2) is 12.1 Å². The molecule has 1 heterocycles. The second kappa shape index (κ2) is 5.08. The molecule has 4 nitrogen and oxygen atoms in total. The summed E-state index contributed by atoms with van der Waals surface area (Å²) in [5, 5.41) is 8.67. The highest BCUT2D eigenvalue weighted by molar-refractivity contribution is 5.97. The molecule has 0 radical (unpaired) electrons. The van der Waals surface area contributed by atoms with Gasteiger partial charge in [0.2, 0.25) is 0 Å². The Morgan fingerprint density at radius 2 is 1.95 bits per heavy atom. The molecule has 0 saturated carbocycles. The van der Waals surface area contributed by atoms with Crippen LogP contribution in [0.4, 0.5) is 13.2 Å². The number of benzene rings is 1. The average molecular weight is 276 g/mol. The Bertz CT molecular complexity index is 496. The minimum absolute atomic E-state index is 0.0278. The predicted octanol–water partition coefficient (Wildman–Crippen LogP) is 2.04. The maximum absolute atomic E-state index is 12.9. The molecule has 7 heteroatoms. The number of aliphatic hydroxyl groups is 1. The summed E-state index contributed by atoms with van der Waals surface area (Å²) in [7, 11) is 0. The number of ether oxygens (including phenoxy) is 2. The van der Waals surface area contributed by atoms with Crippen molar-refractivity contribution >= 4 is 5.78 Å². The molecule has 1 aliphatic heterocycles. The predicted molar refractivity (Wildman–Crippen MR) is 58.5 cm³/mol. The van der Waals surface area contributed by atoms with Crippen molar-refractivity contribution in [3.63, 3.8) is 0 Å². The quantitative estimate of drug-likeness (QED) is 0.858. The van der Waals surface area contributed by atoms with Crippen molar-refractivity contribution in [1.82, 2.24) is 0 Å². The van der Waals surface area contributed by atoms with Crippen molar-refractivity contribution < 1.29 is 32.5 Å². The molecule has 19 heavy (non-hydrogen) atoms. The molecule has 0 fully saturated rings. The molecular formula is C12H11F3O4. The monoisotopic (exact) mass is 276 g/mol. The zero-order valence-corrected chi connectivity index (χ0v) is 9.79. The average Bonchev–Trinajstić information content (AvgIpc) is 2.36. The zero-order chi connectivity index (χ0) is 14.0. The first-order chi connectivity index (χ1) is 8.93. The first-order valence-corrected chi connectivity index (χ1v) is 5.58. The molecule has 104 valence electrons. The molecule has 0 atom stereocenters. The van der Waals surface area contributed by atoms with E-state index in [1.54, 1.807) is 0 Å². The number of aliphatic hydroxyl groups excluding tert-OH is 1. The van der Waals surface area contributed by atoms with Gasteiger partial charge in [-0.15, -0.1) is 0 Å². The minimum Gasteiger partial charge on any atom is -0.486 e. The third kappa shape index (κ3) is 2.81. The Hall–Kier alpha value is -1.76. The highest BCUT2D eigenvalue weighted by Gasteiger charge is 2.38. The lowest BCUT2D eigenvalue weighted by Crippen LogP contribution is -2.20. The second-order valence-corrected chi connectivity index (χ2v) is 3.94. The molecule has 0 bridgehead atoms. The lowest BCUT2D eigenvalue weighted by molar-refractivity contribution is -0.139. The molecule has 0 unspecified atom stereocenters. The highest BCUT2D eigenvalue weighted by Crippen LogP contribution is 2.43. The van der Waals surface area contributed by atoms with Crippen molar-refractivity contribution in [3.05, 3.63) is 23.3 Å². The van der Waals surface area contributed by atoms with E-state index < -0.39 is 24.1 Å². The SMILES string of the molecule is O=C(CCO)c1cc2c(c(C(F)(F)F)c1)OCCO2. The third-order valence-corrected chi connectivity index (χ3v) is 2.61. The second-order valence-electron chi connectivity index (χ2n) is 3.94. The number of hydrogen-bond donors (Lipinski definition) is 1. The molecule has 0 saturated heterocycles. The molecule has 2 rings (SSSR count). The molecular weight excluding hydrogens is 265 g/mol. The Morgan fingerprint density at radius 1 is 1.26 bits per heavy atom. The number of rotatable bonds is 3. The Balaban J connectivity index is 2.51. The summed E-state index contributed by atoms with van der Waals surface area (Å²) < 4.78 is 48.8. The van der Waals surface area contributed by atoms with Gasteiger partial charge in [0.25, 0.3) is 0 Å². The molecule has 0 aromatic heterocycles. The van der Waals surface area contributed by atoms with E-state index in [4.69, 9.17) is 14.6 Å². The summed E-state index contributed by atoms with van der Waals surface area (Å²) in [5.41, 5.74) is -1.18. The van der Waals surface area contributed by atoms with Gasteiger partial charge in [-0.3, -0.25) is 4.79 Å². The van der Waals surface area contributed by atoms with Gasteiger partial charge in [0.15, 0.2) is 17.3 Å². The molecule has 0 aliphatic carbocycles. The molecule has 1 aliphatic rings. The van der Waals surface area contributed by atoms with E-state index in [0.717, 1.165) is 6.07 Å². The number of ketones is 1. The first kappa shape index (κ1) is 13.7. The molecule has 1 aromatic rings. The van der Waals surface area contributed by atoms with Crippen LogP contribution in [-0.4, -0.2) is 30.7 Å². The van der Waals surface area contributed by atoms with Crippen LogP contribution in [0, 0.1) is 0 Å². The van der Waals surface area contributed by atoms with E-state index in [0.29, 0.717) is 0 Å². The van der Waals surface area contributed by atoms with Crippen molar-refractivity contribution in [3.8, 4) is 11.5 Å². The highest BCUT2D eigenvalue weighted by atomic mass is 19.4. The van der Waals surface area contributed by atoms with E-state index in [1.165, 1.54) is 6.07 Å².